The predicted molar refractivity (Wildman–Crippen MR) is 74.3 cm³/mol. The van der Waals surface area contributed by atoms with Crippen LogP contribution in [0.3, 0.4) is 0 Å². The van der Waals surface area contributed by atoms with Crippen LogP contribution in [0, 0.1) is 0 Å². The lowest BCUT2D eigenvalue weighted by Crippen LogP contribution is -2.24. The molecule has 0 saturated carbocycles. The molecule has 0 bridgehead atoms. The number of carbonyl (C=O) groups is 2. The van der Waals surface area contributed by atoms with E-state index >= 15 is 0 Å². The van der Waals surface area contributed by atoms with Crippen LogP contribution in [0.25, 0.3) is 0 Å². The molecule has 0 saturated heterocycles. The summed E-state index contributed by atoms with van der Waals surface area (Å²) in [5.41, 5.74) is 5.62. The minimum atomic E-state index is -1.07. The second-order valence-electron chi connectivity index (χ2n) is 3.19. The number of nitrogens with two attached hydrogens (primary N) is 1. The molecular weight excluding hydrogens is 278 g/mol. The number of nitrogens with zero attached hydrogens (tertiary/aromatic N) is 1. The molecule has 1 amide bonds. The van der Waals surface area contributed by atoms with Crippen LogP contribution in [-0.2, 0) is 4.79 Å². The van der Waals surface area contributed by atoms with Gasteiger partial charge in [0.2, 0.25) is 0 Å². The Morgan fingerprint density at radius 3 is 2.61 bits per heavy atom. The summed E-state index contributed by atoms with van der Waals surface area (Å²) < 4.78 is 0. The summed E-state index contributed by atoms with van der Waals surface area (Å²) in [5.74, 6) is 0.571. The van der Waals surface area contributed by atoms with Gasteiger partial charge in [-0.3, -0.25) is 9.79 Å². The van der Waals surface area contributed by atoms with E-state index in [0.717, 1.165) is 12.2 Å². The fourth-order valence-corrected chi connectivity index (χ4v) is 2.73. The van der Waals surface area contributed by atoms with Gasteiger partial charge in [-0.15, -0.1) is 0 Å². The molecular formula is C9H17N3O4S2. The molecule has 9 heteroatoms. The van der Waals surface area contributed by atoms with Gasteiger partial charge in [-0.05, 0) is 6.42 Å². The van der Waals surface area contributed by atoms with Gasteiger partial charge in [0.25, 0.3) is 0 Å². The Kier molecular flexibility index (Phi) is 10.4. The number of nitrogens with one attached hydrogen (secondary N) is 1. The smallest absolute Gasteiger partial charge is 0.404 e. The highest BCUT2D eigenvalue weighted by molar-refractivity contribution is 8.76. The van der Waals surface area contributed by atoms with Crippen LogP contribution in [0.15, 0.2) is 4.99 Å². The van der Waals surface area contributed by atoms with Gasteiger partial charge in [-0.1, -0.05) is 21.6 Å². The summed E-state index contributed by atoms with van der Waals surface area (Å²) in [7, 11) is 2.79. The Bertz CT molecular complexity index is 300. The molecule has 0 aromatic rings. The maximum Gasteiger partial charge on any atom is 0.404 e. The monoisotopic (exact) mass is 295 g/mol. The quantitative estimate of drug-likeness (QED) is 0.204. The minimum absolute atomic E-state index is 0.0924. The summed E-state index contributed by atoms with van der Waals surface area (Å²) in [6.45, 7) is 0.582. The largest absolute Gasteiger partial charge is 0.481 e. The van der Waals surface area contributed by atoms with Crippen LogP contribution in [0.5, 0.6) is 0 Å². The fourth-order valence-electron chi connectivity index (χ4n) is 0.905. The predicted octanol–water partition coefficient (Wildman–Crippen LogP) is 0.857. The SMILES string of the molecule is NC(CCCSSCC(=O)O)=NCCNC(=O)O. The van der Waals surface area contributed by atoms with E-state index < -0.39 is 12.1 Å². The van der Waals surface area contributed by atoms with E-state index in [0.29, 0.717) is 18.8 Å². The topological polar surface area (TPSA) is 125 Å². The zero-order valence-electron chi connectivity index (χ0n) is 9.79. The number of aliphatic imine (C=N–C) groups is 1. The first-order valence-electron chi connectivity index (χ1n) is 5.24. The van der Waals surface area contributed by atoms with Crippen molar-refractivity contribution in [3.63, 3.8) is 0 Å². The van der Waals surface area contributed by atoms with Crippen molar-refractivity contribution < 1.29 is 19.8 Å². The Labute approximate surface area is 113 Å². The molecule has 0 spiro atoms. The van der Waals surface area contributed by atoms with Crippen molar-refractivity contribution in [2.45, 2.75) is 12.8 Å². The van der Waals surface area contributed by atoms with Crippen molar-refractivity contribution in [3.05, 3.63) is 0 Å². The first kappa shape index (κ1) is 16.9. The summed E-state index contributed by atoms with van der Waals surface area (Å²) in [6.07, 6.45) is 0.378. The van der Waals surface area contributed by atoms with Gasteiger partial charge in [-0.2, -0.15) is 0 Å². The lowest BCUT2D eigenvalue weighted by molar-refractivity contribution is -0.133. The van der Waals surface area contributed by atoms with Gasteiger partial charge in [0.05, 0.1) is 12.4 Å². The van der Waals surface area contributed by atoms with E-state index in [1.54, 1.807) is 0 Å². The molecule has 0 atom stereocenters. The van der Waals surface area contributed by atoms with Crippen molar-refractivity contribution in [2.24, 2.45) is 10.7 Å². The van der Waals surface area contributed by atoms with Crippen molar-refractivity contribution >= 4 is 39.5 Å². The zero-order valence-corrected chi connectivity index (χ0v) is 11.4. The average molecular weight is 295 g/mol. The number of hydrogen-bond donors (Lipinski definition) is 4. The highest BCUT2D eigenvalue weighted by Crippen LogP contribution is 2.21. The van der Waals surface area contributed by atoms with Gasteiger partial charge in [0.1, 0.15) is 5.75 Å². The summed E-state index contributed by atoms with van der Waals surface area (Å²) in [4.78, 5) is 24.3. The molecule has 0 aromatic carbocycles. The van der Waals surface area contributed by atoms with Crippen LogP contribution in [0.4, 0.5) is 4.79 Å². The van der Waals surface area contributed by atoms with Gasteiger partial charge in [0.15, 0.2) is 0 Å². The van der Waals surface area contributed by atoms with E-state index in [2.05, 4.69) is 10.3 Å². The third-order valence-corrected chi connectivity index (χ3v) is 3.97. The normalized spacial score (nSPS) is 11.2. The van der Waals surface area contributed by atoms with E-state index in [-0.39, 0.29) is 12.3 Å². The Hall–Kier alpha value is -1.09. The van der Waals surface area contributed by atoms with Gasteiger partial charge >= 0.3 is 12.1 Å². The standard InChI is InChI=1S/C9H17N3O4S2/c10-7(11-3-4-12-9(15)16)2-1-5-17-18-6-8(13)14/h12H,1-6H2,(H2,10,11)(H,13,14)(H,15,16). The molecule has 0 aliphatic rings. The molecule has 7 nitrogen and oxygen atoms in total. The highest BCUT2D eigenvalue weighted by atomic mass is 33.1. The molecule has 104 valence electrons. The minimum Gasteiger partial charge on any atom is -0.481 e. The lowest BCUT2D eigenvalue weighted by Gasteiger charge is -2.01. The fraction of sp³-hybridized carbons (Fsp3) is 0.667. The maximum atomic E-state index is 10.2. The van der Waals surface area contributed by atoms with Crippen molar-refractivity contribution in [2.75, 3.05) is 24.6 Å². The number of hydrogen-bond acceptors (Lipinski definition) is 5. The summed E-state index contributed by atoms with van der Waals surface area (Å²) >= 11 is 0. The number of carboxylic acid groups (broad SMARTS) is 2. The van der Waals surface area contributed by atoms with E-state index in [4.69, 9.17) is 15.9 Å². The summed E-state index contributed by atoms with van der Waals surface area (Å²) in [5, 5.41) is 18.9. The van der Waals surface area contributed by atoms with E-state index in [1.165, 1.54) is 21.6 Å². The zero-order chi connectivity index (χ0) is 13.8. The Balaban J connectivity index is 3.40. The number of amides is 1. The maximum absolute atomic E-state index is 10.2. The molecule has 18 heavy (non-hydrogen) atoms. The molecule has 0 aliphatic heterocycles. The summed E-state index contributed by atoms with van der Waals surface area (Å²) in [6, 6.07) is 0. The average Bonchev–Trinajstić information content (AvgIpc) is 2.28. The number of carboxylic acids is 1. The van der Waals surface area contributed by atoms with Crippen LogP contribution in [0.1, 0.15) is 12.8 Å². The molecule has 0 rings (SSSR count). The molecule has 0 fully saturated rings. The van der Waals surface area contributed by atoms with E-state index in [9.17, 15) is 9.59 Å². The number of amidine groups is 1. The third kappa shape index (κ3) is 13.0. The third-order valence-electron chi connectivity index (χ3n) is 1.63. The van der Waals surface area contributed by atoms with Crippen LogP contribution < -0.4 is 11.1 Å². The molecule has 0 aromatic heterocycles. The lowest BCUT2D eigenvalue weighted by atomic mass is 10.3. The van der Waals surface area contributed by atoms with Crippen molar-refractivity contribution in [1.29, 1.82) is 0 Å². The highest BCUT2D eigenvalue weighted by Gasteiger charge is 1.98. The van der Waals surface area contributed by atoms with Crippen LogP contribution >= 0.6 is 21.6 Å². The molecule has 0 radical (unpaired) electrons. The molecule has 0 aliphatic carbocycles. The van der Waals surface area contributed by atoms with Crippen molar-refractivity contribution in [1.82, 2.24) is 5.32 Å². The van der Waals surface area contributed by atoms with Gasteiger partial charge < -0.3 is 21.3 Å². The number of rotatable bonds is 10. The molecule has 0 heterocycles. The Morgan fingerprint density at radius 2 is 2.00 bits per heavy atom. The first-order chi connectivity index (χ1) is 8.52. The molecule has 0 unspecified atom stereocenters. The Morgan fingerprint density at radius 1 is 1.28 bits per heavy atom. The molecule has 5 N–H and O–H groups in total. The van der Waals surface area contributed by atoms with Gasteiger partial charge in [0, 0.05) is 18.7 Å². The second kappa shape index (κ2) is 11.0. The van der Waals surface area contributed by atoms with Gasteiger partial charge in [-0.25, -0.2) is 4.79 Å². The number of aliphatic carboxylic acids is 1. The van der Waals surface area contributed by atoms with E-state index in [1.807, 2.05) is 0 Å². The van der Waals surface area contributed by atoms with Crippen molar-refractivity contribution in [3.8, 4) is 0 Å². The first-order valence-corrected chi connectivity index (χ1v) is 7.73. The van der Waals surface area contributed by atoms with Crippen LogP contribution in [-0.4, -0.2) is 52.7 Å². The van der Waals surface area contributed by atoms with Crippen LogP contribution in [0.2, 0.25) is 0 Å². The second-order valence-corrected chi connectivity index (χ2v) is 5.77.